The normalized spacial score (nSPS) is 16.2. The molecule has 0 saturated heterocycles. The number of benzene rings is 1. The molecule has 1 rings (SSSR count). The molecule has 0 amide bonds. The van der Waals surface area contributed by atoms with E-state index in [0.717, 1.165) is 0 Å². The molecule has 0 aliphatic heterocycles. The fraction of sp³-hybridized carbons (Fsp3) is 0. The molecule has 0 unspecified atom stereocenters. The van der Waals surface area contributed by atoms with Gasteiger partial charge in [-0.3, -0.25) is 0 Å². The molecule has 0 aliphatic rings. The van der Waals surface area contributed by atoms with Crippen LogP contribution in [0.5, 0.6) is 5.75 Å². The largest absolute Gasteiger partial charge is 0.508 e. The maximum absolute atomic E-state index is 8.85. The third kappa shape index (κ3) is 1.10. The standard InChI is InChI=1S/C6H8OSi/c7-5-1-3-6(8)4-2-5/h1-4,7H,8H3/i8T3. The predicted molar refractivity (Wildman–Crippen MR) is 37.7 cm³/mol. The fourth-order valence-corrected chi connectivity index (χ4v) is 0.628. The zero-order valence-corrected chi connectivity index (χ0v) is 5.26. The summed E-state index contributed by atoms with van der Waals surface area (Å²) in [5.41, 5.74) is 0. The average molecular weight is 130 g/mol. The van der Waals surface area contributed by atoms with Crippen molar-refractivity contribution < 1.29 is 5.11 Å². The zero-order chi connectivity index (χ0) is 8.48. The van der Waals surface area contributed by atoms with Crippen molar-refractivity contribution in [3.63, 3.8) is 0 Å². The molecule has 0 radical (unpaired) electrons. The van der Waals surface area contributed by atoms with Crippen LogP contribution in [0.15, 0.2) is 24.3 Å². The monoisotopic (exact) mass is 130 g/mol. The first-order valence-corrected chi connectivity index (χ1v) is 2.79. The quantitative estimate of drug-likeness (QED) is 0.502. The van der Waals surface area contributed by atoms with Crippen LogP contribution >= 0.6 is 0 Å². The van der Waals surface area contributed by atoms with E-state index >= 15 is 0 Å². The molecule has 1 nitrogen and oxygen atoms in total. The van der Waals surface area contributed by atoms with E-state index in [1.165, 1.54) is 24.3 Å². The van der Waals surface area contributed by atoms with Crippen molar-refractivity contribution in [1.82, 2.24) is 0 Å². The predicted octanol–water partition coefficient (Wildman–Crippen LogP) is -0.617. The Bertz CT molecular complexity index is 241. The van der Waals surface area contributed by atoms with Gasteiger partial charge >= 0.3 is 0 Å². The Labute approximate surface area is 55.1 Å². The topological polar surface area (TPSA) is 20.2 Å². The Kier molecular flexibility index (Phi) is 0.673. The second-order valence-electron chi connectivity index (χ2n) is 1.55. The highest BCUT2D eigenvalue weighted by molar-refractivity contribution is 6.32. The number of hydrogen-bond acceptors (Lipinski definition) is 1. The molecule has 0 fully saturated rings. The minimum atomic E-state index is -3.42. The molecule has 0 aliphatic carbocycles. The molecule has 0 aromatic heterocycles. The van der Waals surface area contributed by atoms with Crippen LogP contribution in [0.3, 0.4) is 0 Å². The van der Waals surface area contributed by atoms with Crippen LogP contribution in [-0.4, -0.2) is 18.9 Å². The van der Waals surface area contributed by atoms with Gasteiger partial charge in [-0.1, -0.05) is 17.3 Å². The first-order chi connectivity index (χ1) is 5.00. The van der Waals surface area contributed by atoms with E-state index in [1.54, 1.807) is 0 Å². The lowest BCUT2D eigenvalue weighted by molar-refractivity contribution is 0.475. The van der Waals surface area contributed by atoms with Gasteiger partial charge in [-0.25, -0.2) is 0 Å². The Morgan fingerprint density at radius 3 is 2.50 bits per heavy atom. The molecular formula is C6H8OSi. The molecule has 2 heteroatoms. The second-order valence-corrected chi connectivity index (χ2v) is 2.12. The summed E-state index contributed by atoms with van der Waals surface area (Å²) in [6.07, 6.45) is 0. The SMILES string of the molecule is [3H][Si]([3H])([3H])c1ccc(O)cc1. The maximum atomic E-state index is 8.85. The van der Waals surface area contributed by atoms with E-state index in [2.05, 4.69) is 0 Å². The van der Waals surface area contributed by atoms with Crippen molar-refractivity contribution in [2.24, 2.45) is 0 Å². The molecule has 8 heavy (non-hydrogen) atoms. The van der Waals surface area contributed by atoms with Gasteiger partial charge in [0.1, 0.15) is 5.75 Å². The summed E-state index contributed by atoms with van der Waals surface area (Å²) in [6, 6.07) is 5.70. The van der Waals surface area contributed by atoms with Crippen molar-refractivity contribution >= 4 is 15.2 Å². The van der Waals surface area contributed by atoms with Crippen molar-refractivity contribution in [2.75, 3.05) is 0 Å². The summed E-state index contributed by atoms with van der Waals surface area (Å²) >= 11 is 0. The van der Waals surface area contributed by atoms with Crippen LogP contribution in [0.25, 0.3) is 0 Å². The summed E-state index contributed by atoms with van der Waals surface area (Å²) in [6.45, 7) is 0. The molecule has 1 aromatic rings. The number of aromatic hydroxyl groups is 1. The molecule has 0 saturated carbocycles. The lowest BCUT2D eigenvalue weighted by Gasteiger charge is -1.89. The third-order valence-corrected chi connectivity index (χ3v) is 1.20. The highest BCUT2D eigenvalue weighted by atomic mass is 28.1. The average Bonchev–Trinajstić information content (AvgIpc) is 1.86. The molecule has 42 valence electrons. The molecule has 1 aromatic carbocycles. The van der Waals surface area contributed by atoms with Crippen molar-refractivity contribution in [1.29, 1.82) is 3.70 Å². The molecule has 0 bridgehead atoms. The third-order valence-electron chi connectivity index (χ3n) is 0.867. The van der Waals surface area contributed by atoms with Crippen LogP contribution in [0, 0.1) is 0 Å². The lowest BCUT2D eigenvalue weighted by Crippen LogP contribution is -1.97. The molecule has 0 heterocycles. The van der Waals surface area contributed by atoms with E-state index < -0.39 is 10.0 Å². The number of hydrogen-bond donors (Lipinski definition) is 1. The van der Waals surface area contributed by atoms with Crippen LogP contribution < -0.4 is 5.19 Å². The summed E-state index contributed by atoms with van der Waals surface area (Å²) in [5.74, 6) is 0.104. The summed E-state index contributed by atoms with van der Waals surface area (Å²) < 4.78 is 21.4. The summed E-state index contributed by atoms with van der Waals surface area (Å²) in [7, 11) is -3.42. The lowest BCUT2D eigenvalue weighted by atomic mass is 10.3. The Morgan fingerprint density at radius 1 is 1.38 bits per heavy atom. The number of phenols is 1. The van der Waals surface area contributed by atoms with Gasteiger partial charge in [0.15, 0.2) is 0 Å². The molecule has 0 atom stereocenters. The van der Waals surface area contributed by atoms with Gasteiger partial charge in [0, 0.05) is 13.7 Å². The Balaban J connectivity index is 2.99. The van der Waals surface area contributed by atoms with Gasteiger partial charge in [0.2, 0.25) is 0 Å². The summed E-state index contributed by atoms with van der Waals surface area (Å²) in [5, 5.41) is 9.24. The molecular weight excluding hydrogens is 116 g/mol. The Morgan fingerprint density at radius 2 is 2.00 bits per heavy atom. The van der Waals surface area contributed by atoms with Gasteiger partial charge < -0.3 is 5.11 Å². The molecule has 1 N–H and O–H groups in total. The van der Waals surface area contributed by atoms with E-state index in [1.807, 2.05) is 0 Å². The van der Waals surface area contributed by atoms with Crippen LogP contribution in [-0.2, 0) is 0 Å². The number of phenolic OH excluding ortho intramolecular Hbond substituents is 1. The Hall–Kier alpha value is -0.763. The fourth-order valence-electron chi connectivity index (χ4n) is 0.461. The maximum Gasteiger partial charge on any atom is 0.115 e. The molecule has 0 spiro atoms. The smallest absolute Gasteiger partial charge is 0.115 e. The van der Waals surface area contributed by atoms with Crippen LogP contribution in [0.1, 0.15) is 0 Å². The van der Waals surface area contributed by atoms with Crippen molar-refractivity contribution in [3.8, 4) is 5.75 Å². The van der Waals surface area contributed by atoms with Crippen LogP contribution in [0.4, 0.5) is 0 Å². The van der Waals surface area contributed by atoms with Crippen molar-refractivity contribution in [3.05, 3.63) is 24.3 Å². The minimum Gasteiger partial charge on any atom is -0.508 e. The zero-order valence-electron chi connectivity index (χ0n) is 7.26. The first-order valence-electron chi connectivity index (χ1n) is 3.79. The van der Waals surface area contributed by atoms with Gasteiger partial charge in [0.25, 0.3) is 0 Å². The highest BCUT2D eigenvalue weighted by Crippen LogP contribution is 2.01. The van der Waals surface area contributed by atoms with E-state index in [0.29, 0.717) is 5.19 Å². The van der Waals surface area contributed by atoms with Gasteiger partial charge in [-0.2, -0.15) is 0 Å². The first kappa shape index (κ1) is 2.69. The highest BCUT2D eigenvalue weighted by Gasteiger charge is 1.82. The van der Waals surface area contributed by atoms with E-state index in [4.69, 9.17) is 8.81 Å². The van der Waals surface area contributed by atoms with Crippen LogP contribution in [0.2, 0.25) is 0 Å². The van der Waals surface area contributed by atoms with Gasteiger partial charge in [-0.05, 0) is 12.1 Å². The van der Waals surface area contributed by atoms with E-state index in [-0.39, 0.29) is 5.75 Å². The minimum absolute atomic E-state index is 0.104. The van der Waals surface area contributed by atoms with Gasteiger partial charge in [0.05, 0.1) is 0 Å². The van der Waals surface area contributed by atoms with E-state index in [9.17, 15) is 0 Å². The van der Waals surface area contributed by atoms with Gasteiger partial charge in [-0.15, -0.1) is 0 Å². The number of rotatable bonds is 1. The second kappa shape index (κ2) is 2.00. The summed E-state index contributed by atoms with van der Waals surface area (Å²) in [4.78, 5) is 0. The van der Waals surface area contributed by atoms with Crippen molar-refractivity contribution in [2.45, 2.75) is 0 Å².